The van der Waals surface area contributed by atoms with Crippen LogP contribution in [0.1, 0.15) is 44.6 Å². The third kappa shape index (κ3) is 4.81. The first-order chi connectivity index (χ1) is 8.81. The first-order valence-corrected chi connectivity index (χ1v) is 6.71. The summed E-state index contributed by atoms with van der Waals surface area (Å²) in [5, 5.41) is 8.97. The summed E-state index contributed by atoms with van der Waals surface area (Å²) in [6.45, 7) is 2.18. The molecule has 0 radical (unpaired) electrons. The first kappa shape index (κ1) is 14.6. The summed E-state index contributed by atoms with van der Waals surface area (Å²) in [4.78, 5) is 0. The predicted octanol–water partition coefficient (Wildman–Crippen LogP) is 4.99. The largest absolute Gasteiger partial charge is 0.459 e. The molecule has 2 nitrogen and oxygen atoms in total. The number of ether oxygens (including phenoxy) is 1. The fourth-order valence-corrected chi connectivity index (χ4v) is 1.80. The van der Waals surface area contributed by atoms with Gasteiger partial charge in [-0.1, -0.05) is 49.9 Å². The number of nitriles is 1. The highest BCUT2D eigenvalue weighted by molar-refractivity contribution is 6.25. The van der Waals surface area contributed by atoms with Crippen molar-refractivity contribution < 1.29 is 4.74 Å². The van der Waals surface area contributed by atoms with Gasteiger partial charge in [-0.2, -0.15) is 5.26 Å². The summed E-state index contributed by atoms with van der Waals surface area (Å²) in [6, 6.07) is 9.29. The van der Waals surface area contributed by atoms with E-state index < -0.39 is 0 Å². The van der Waals surface area contributed by atoms with Gasteiger partial charge >= 0.3 is 0 Å². The Kier molecular flexibility index (Phi) is 6.98. The summed E-state index contributed by atoms with van der Waals surface area (Å²) < 4.78 is 5.67. The fourth-order valence-electron chi connectivity index (χ4n) is 1.64. The zero-order valence-electron chi connectivity index (χ0n) is 10.7. The molecule has 0 heterocycles. The highest BCUT2D eigenvalue weighted by atomic mass is 35.5. The monoisotopic (exact) mass is 263 g/mol. The number of rotatable bonds is 7. The second-order valence-corrected chi connectivity index (χ2v) is 4.31. The number of hydrogen-bond acceptors (Lipinski definition) is 2. The topological polar surface area (TPSA) is 33.0 Å². The Hall–Kier alpha value is -1.46. The van der Waals surface area contributed by atoms with Gasteiger partial charge < -0.3 is 4.74 Å². The molecule has 0 N–H and O–H groups in total. The van der Waals surface area contributed by atoms with E-state index in [4.69, 9.17) is 21.6 Å². The van der Waals surface area contributed by atoms with Crippen molar-refractivity contribution in [3.8, 4) is 11.8 Å². The molecule has 0 bridgehead atoms. The average molecular weight is 264 g/mol. The van der Waals surface area contributed by atoms with Crippen LogP contribution < -0.4 is 4.74 Å². The van der Waals surface area contributed by atoms with E-state index in [1.54, 1.807) is 12.1 Å². The highest BCUT2D eigenvalue weighted by Gasteiger charge is 2.05. The van der Waals surface area contributed by atoms with Crippen LogP contribution >= 0.6 is 11.6 Å². The lowest BCUT2D eigenvalue weighted by Crippen LogP contribution is -1.97. The molecular weight excluding hydrogens is 246 g/mol. The molecule has 18 heavy (non-hydrogen) atoms. The van der Waals surface area contributed by atoms with Crippen LogP contribution in [-0.4, -0.2) is 0 Å². The van der Waals surface area contributed by atoms with E-state index in [0.29, 0.717) is 11.3 Å². The fraction of sp³-hybridized carbons (Fsp3) is 0.400. The van der Waals surface area contributed by atoms with Crippen LogP contribution in [0.3, 0.4) is 0 Å². The van der Waals surface area contributed by atoms with E-state index in [-0.39, 0.29) is 0 Å². The number of allylic oxidation sites excluding steroid dienone is 1. The van der Waals surface area contributed by atoms with Crippen molar-refractivity contribution in [2.45, 2.75) is 39.0 Å². The van der Waals surface area contributed by atoms with Crippen LogP contribution in [0, 0.1) is 11.3 Å². The Balaban J connectivity index is 2.56. The average Bonchev–Trinajstić information content (AvgIpc) is 2.42. The lowest BCUT2D eigenvalue weighted by atomic mass is 10.1. The van der Waals surface area contributed by atoms with Gasteiger partial charge in [-0.3, -0.25) is 0 Å². The summed E-state index contributed by atoms with van der Waals surface area (Å²) in [5.74, 6) is 1.29. The quantitative estimate of drug-likeness (QED) is 0.513. The van der Waals surface area contributed by atoms with Gasteiger partial charge in [0.15, 0.2) is 0 Å². The number of unbranched alkanes of at least 4 members (excludes halogenated alkanes) is 3. The van der Waals surface area contributed by atoms with Crippen molar-refractivity contribution in [3.05, 3.63) is 41.1 Å². The van der Waals surface area contributed by atoms with Gasteiger partial charge in [0.2, 0.25) is 0 Å². The maximum absolute atomic E-state index is 8.97. The molecule has 0 atom stereocenters. The van der Waals surface area contributed by atoms with Crippen LogP contribution in [0.4, 0.5) is 0 Å². The molecule has 0 aliphatic carbocycles. The molecule has 0 saturated heterocycles. The Morgan fingerprint density at radius 3 is 2.78 bits per heavy atom. The predicted molar refractivity (Wildman–Crippen MR) is 74.5 cm³/mol. The minimum atomic E-state index is 0.530. The van der Waals surface area contributed by atoms with Crippen LogP contribution in [0.2, 0.25) is 0 Å². The summed E-state index contributed by atoms with van der Waals surface area (Å²) in [5.41, 5.74) is 1.99. The maximum atomic E-state index is 8.97. The van der Waals surface area contributed by atoms with E-state index in [1.165, 1.54) is 24.8 Å². The van der Waals surface area contributed by atoms with E-state index in [9.17, 15) is 0 Å². The van der Waals surface area contributed by atoms with E-state index >= 15 is 0 Å². The molecule has 0 unspecified atom stereocenters. The molecule has 0 fully saturated rings. The molecule has 0 amide bonds. The lowest BCUT2D eigenvalue weighted by Gasteiger charge is -2.10. The Morgan fingerprint density at radius 1 is 1.33 bits per heavy atom. The Bertz CT molecular complexity index is 434. The zero-order chi connectivity index (χ0) is 13.2. The number of halogens is 1. The van der Waals surface area contributed by atoms with E-state index in [0.717, 1.165) is 18.6 Å². The van der Waals surface area contributed by atoms with Crippen LogP contribution in [0.25, 0.3) is 0 Å². The second-order valence-electron chi connectivity index (χ2n) is 4.10. The molecule has 0 saturated carbocycles. The van der Waals surface area contributed by atoms with Crippen molar-refractivity contribution >= 4 is 11.6 Å². The SMILES string of the molecule is CCCCCC/C(=C\Cl)Oc1ccccc1C#N. The Labute approximate surface area is 114 Å². The molecule has 0 aromatic heterocycles. The Morgan fingerprint density at radius 2 is 2.11 bits per heavy atom. The standard InChI is InChI=1S/C15H18ClNO/c1-2-3-4-5-9-14(11-16)18-15-10-7-6-8-13(15)12-17/h6-8,10-11H,2-5,9H2,1H3/b14-11+. The van der Waals surface area contributed by atoms with E-state index in [2.05, 4.69) is 13.0 Å². The second kappa shape index (κ2) is 8.60. The number of nitrogens with zero attached hydrogens (tertiary/aromatic N) is 1. The van der Waals surface area contributed by atoms with Crippen molar-refractivity contribution in [1.82, 2.24) is 0 Å². The summed E-state index contributed by atoms with van der Waals surface area (Å²) in [7, 11) is 0. The van der Waals surface area contributed by atoms with Crippen molar-refractivity contribution in [1.29, 1.82) is 5.26 Å². The molecule has 3 heteroatoms. The van der Waals surface area contributed by atoms with Crippen molar-refractivity contribution in [2.24, 2.45) is 0 Å². The van der Waals surface area contributed by atoms with Crippen molar-refractivity contribution in [2.75, 3.05) is 0 Å². The number of hydrogen-bond donors (Lipinski definition) is 0. The molecule has 1 rings (SSSR count). The van der Waals surface area contributed by atoms with E-state index in [1.807, 2.05) is 12.1 Å². The van der Waals surface area contributed by atoms with Gasteiger partial charge in [-0.25, -0.2) is 0 Å². The molecular formula is C15H18ClNO. The number of benzene rings is 1. The van der Waals surface area contributed by atoms with Gasteiger partial charge in [0.05, 0.1) is 5.56 Å². The van der Waals surface area contributed by atoms with Gasteiger partial charge in [0.25, 0.3) is 0 Å². The third-order valence-corrected chi connectivity index (χ3v) is 2.89. The smallest absolute Gasteiger partial charge is 0.144 e. The highest BCUT2D eigenvalue weighted by Crippen LogP contribution is 2.22. The normalized spacial score (nSPS) is 11.1. The summed E-state index contributed by atoms with van der Waals surface area (Å²) in [6.07, 6.45) is 5.47. The number of para-hydroxylation sites is 1. The minimum absolute atomic E-state index is 0.530. The molecule has 96 valence electrons. The van der Waals surface area contributed by atoms with Crippen LogP contribution in [0.5, 0.6) is 5.75 Å². The van der Waals surface area contributed by atoms with Crippen molar-refractivity contribution in [3.63, 3.8) is 0 Å². The van der Waals surface area contributed by atoms with Gasteiger partial charge in [0, 0.05) is 12.0 Å². The molecule has 0 spiro atoms. The maximum Gasteiger partial charge on any atom is 0.144 e. The molecule has 1 aromatic rings. The van der Waals surface area contributed by atoms with Crippen LogP contribution in [-0.2, 0) is 0 Å². The minimum Gasteiger partial charge on any atom is -0.459 e. The van der Waals surface area contributed by atoms with Gasteiger partial charge in [0.1, 0.15) is 17.6 Å². The molecule has 1 aromatic carbocycles. The van der Waals surface area contributed by atoms with Gasteiger partial charge in [-0.15, -0.1) is 0 Å². The molecule has 0 aliphatic rings. The first-order valence-electron chi connectivity index (χ1n) is 6.28. The summed E-state index contributed by atoms with van der Waals surface area (Å²) >= 11 is 5.76. The third-order valence-electron chi connectivity index (χ3n) is 2.65. The molecule has 0 aliphatic heterocycles. The van der Waals surface area contributed by atoms with Crippen LogP contribution in [0.15, 0.2) is 35.6 Å². The zero-order valence-corrected chi connectivity index (χ0v) is 11.4. The van der Waals surface area contributed by atoms with Gasteiger partial charge in [-0.05, 0) is 18.6 Å². The lowest BCUT2D eigenvalue weighted by molar-refractivity contribution is 0.396.